The highest BCUT2D eigenvalue weighted by atomic mass is 16.6. The van der Waals surface area contributed by atoms with Crippen molar-refractivity contribution in [3.8, 4) is 0 Å². The lowest BCUT2D eigenvalue weighted by Crippen LogP contribution is -2.43. The van der Waals surface area contributed by atoms with E-state index in [1.165, 1.54) is 13.0 Å². The predicted molar refractivity (Wildman–Crippen MR) is 71.3 cm³/mol. The van der Waals surface area contributed by atoms with E-state index < -0.39 is 11.2 Å². The van der Waals surface area contributed by atoms with E-state index in [0.29, 0.717) is 19.4 Å². The summed E-state index contributed by atoms with van der Waals surface area (Å²) < 4.78 is 10.9. The van der Waals surface area contributed by atoms with E-state index in [-0.39, 0.29) is 12.1 Å². The Morgan fingerprint density at radius 3 is 2.39 bits per heavy atom. The van der Waals surface area contributed by atoms with Crippen molar-refractivity contribution in [1.82, 2.24) is 0 Å². The minimum atomic E-state index is -0.958. The second kappa shape index (κ2) is 6.90. The summed E-state index contributed by atoms with van der Waals surface area (Å²) in [5.41, 5.74) is -1.53. The van der Waals surface area contributed by atoms with E-state index in [4.69, 9.17) is 9.47 Å². The van der Waals surface area contributed by atoms with E-state index in [1.54, 1.807) is 6.92 Å². The van der Waals surface area contributed by atoms with Gasteiger partial charge in [-0.05, 0) is 40.5 Å². The Bertz CT molecular complexity index is 282. The Balaban J connectivity index is 4.69. The molecule has 0 aliphatic carbocycles. The van der Waals surface area contributed by atoms with Gasteiger partial charge in [-0.15, -0.1) is 6.58 Å². The number of ether oxygens (including phenoxy) is 2. The van der Waals surface area contributed by atoms with Crippen LogP contribution in [0.25, 0.3) is 0 Å². The molecular formula is C14H26O4. The van der Waals surface area contributed by atoms with Gasteiger partial charge in [-0.2, -0.15) is 0 Å². The summed E-state index contributed by atoms with van der Waals surface area (Å²) in [5.74, 6) is -0.342. The molecule has 0 rings (SSSR count). The van der Waals surface area contributed by atoms with Gasteiger partial charge in [0, 0.05) is 13.5 Å². The van der Waals surface area contributed by atoms with Crippen LogP contribution in [0.1, 0.15) is 47.5 Å². The summed E-state index contributed by atoms with van der Waals surface area (Å²) in [6, 6.07) is 0. The summed E-state index contributed by atoms with van der Waals surface area (Å²) in [4.78, 5) is 11.1. The Kier molecular flexibility index (Phi) is 6.57. The molecule has 0 heterocycles. The Hall–Kier alpha value is -0.870. The zero-order chi connectivity index (χ0) is 14.4. The van der Waals surface area contributed by atoms with Gasteiger partial charge in [0.05, 0.1) is 11.2 Å². The van der Waals surface area contributed by atoms with Crippen LogP contribution in [0.3, 0.4) is 0 Å². The van der Waals surface area contributed by atoms with Crippen molar-refractivity contribution in [1.29, 1.82) is 0 Å². The summed E-state index contributed by atoms with van der Waals surface area (Å²) in [7, 11) is 0. The SMILES string of the molecule is C=CC(C)(O)CCC(OC(C)=O)C(C)(C)OCC. The highest BCUT2D eigenvalue weighted by Crippen LogP contribution is 2.25. The lowest BCUT2D eigenvalue weighted by molar-refractivity contribution is -0.168. The molecule has 0 amide bonds. The quantitative estimate of drug-likeness (QED) is 0.536. The molecule has 0 saturated carbocycles. The molecule has 2 unspecified atom stereocenters. The zero-order valence-corrected chi connectivity index (χ0v) is 12.2. The van der Waals surface area contributed by atoms with Crippen LogP contribution in [0.2, 0.25) is 0 Å². The second-order valence-electron chi connectivity index (χ2n) is 5.23. The van der Waals surface area contributed by atoms with Crippen LogP contribution in [0, 0.1) is 0 Å². The van der Waals surface area contributed by atoms with Crippen LogP contribution >= 0.6 is 0 Å². The van der Waals surface area contributed by atoms with Crippen LogP contribution in [0.15, 0.2) is 12.7 Å². The molecule has 18 heavy (non-hydrogen) atoms. The molecule has 0 aliphatic rings. The number of carbonyl (C=O) groups excluding carboxylic acids is 1. The van der Waals surface area contributed by atoms with Crippen molar-refractivity contribution >= 4 is 5.97 Å². The maximum atomic E-state index is 11.1. The molecule has 0 aliphatic heterocycles. The number of rotatable bonds is 8. The molecule has 0 aromatic heterocycles. The molecule has 0 saturated heterocycles. The number of aliphatic hydroxyl groups is 1. The first-order valence-corrected chi connectivity index (χ1v) is 6.31. The van der Waals surface area contributed by atoms with Crippen molar-refractivity contribution in [2.24, 2.45) is 0 Å². The predicted octanol–water partition coefficient (Wildman–Crippen LogP) is 2.45. The number of hydrogen-bond acceptors (Lipinski definition) is 4. The third-order valence-electron chi connectivity index (χ3n) is 2.95. The topological polar surface area (TPSA) is 55.8 Å². The van der Waals surface area contributed by atoms with Crippen LogP contribution < -0.4 is 0 Å². The van der Waals surface area contributed by atoms with Gasteiger partial charge in [-0.25, -0.2) is 0 Å². The van der Waals surface area contributed by atoms with Gasteiger partial charge in [0.1, 0.15) is 6.10 Å². The third kappa shape index (κ3) is 6.17. The summed E-state index contributed by atoms with van der Waals surface area (Å²) in [6.07, 6.45) is 2.09. The Morgan fingerprint density at radius 2 is 2.00 bits per heavy atom. The minimum absolute atomic E-state index is 0.342. The van der Waals surface area contributed by atoms with Gasteiger partial charge in [0.2, 0.25) is 0 Å². The van der Waals surface area contributed by atoms with Crippen molar-refractivity contribution in [2.75, 3.05) is 6.61 Å². The molecular weight excluding hydrogens is 232 g/mol. The van der Waals surface area contributed by atoms with Crippen LogP contribution in [0.5, 0.6) is 0 Å². The molecule has 0 aromatic rings. The van der Waals surface area contributed by atoms with Gasteiger partial charge in [0.15, 0.2) is 0 Å². The fourth-order valence-corrected chi connectivity index (χ4v) is 1.74. The van der Waals surface area contributed by atoms with E-state index >= 15 is 0 Å². The van der Waals surface area contributed by atoms with Crippen molar-refractivity contribution in [2.45, 2.75) is 64.8 Å². The fraction of sp³-hybridized carbons (Fsp3) is 0.786. The highest BCUT2D eigenvalue weighted by Gasteiger charge is 2.34. The number of hydrogen-bond donors (Lipinski definition) is 1. The zero-order valence-electron chi connectivity index (χ0n) is 12.2. The fourth-order valence-electron chi connectivity index (χ4n) is 1.74. The molecule has 4 nitrogen and oxygen atoms in total. The molecule has 0 aromatic carbocycles. The van der Waals surface area contributed by atoms with Gasteiger partial charge in [0.25, 0.3) is 0 Å². The molecule has 0 fully saturated rings. The monoisotopic (exact) mass is 258 g/mol. The van der Waals surface area contributed by atoms with E-state index in [1.807, 2.05) is 20.8 Å². The van der Waals surface area contributed by atoms with E-state index in [9.17, 15) is 9.90 Å². The van der Waals surface area contributed by atoms with Crippen molar-refractivity contribution in [3.63, 3.8) is 0 Å². The maximum Gasteiger partial charge on any atom is 0.303 e. The summed E-state index contributed by atoms with van der Waals surface area (Å²) in [6.45, 7) is 12.8. The Morgan fingerprint density at radius 1 is 1.44 bits per heavy atom. The molecule has 106 valence electrons. The first-order chi connectivity index (χ1) is 8.14. The first-order valence-electron chi connectivity index (χ1n) is 6.31. The number of carbonyl (C=O) groups is 1. The molecule has 4 heteroatoms. The highest BCUT2D eigenvalue weighted by molar-refractivity contribution is 5.66. The van der Waals surface area contributed by atoms with Gasteiger partial charge >= 0.3 is 5.97 Å². The lowest BCUT2D eigenvalue weighted by atomic mass is 9.91. The summed E-state index contributed by atoms with van der Waals surface area (Å²) >= 11 is 0. The molecule has 0 spiro atoms. The average Bonchev–Trinajstić information content (AvgIpc) is 2.23. The van der Waals surface area contributed by atoms with Crippen LogP contribution in [-0.2, 0) is 14.3 Å². The second-order valence-corrected chi connectivity index (χ2v) is 5.23. The van der Waals surface area contributed by atoms with Gasteiger partial charge in [-0.1, -0.05) is 6.08 Å². The van der Waals surface area contributed by atoms with Crippen LogP contribution in [-0.4, -0.2) is 35.0 Å². The standard InChI is InChI=1S/C14H26O4/c1-7-14(6,16)10-9-12(18-11(3)15)13(4,5)17-8-2/h7,12,16H,1,8-10H2,2-6H3. The normalized spacial score (nSPS) is 16.8. The smallest absolute Gasteiger partial charge is 0.303 e. The lowest BCUT2D eigenvalue weighted by Gasteiger charge is -2.34. The molecule has 0 radical (unpaired) electrons. The van der Waals surface area contributed by atoms with E-state index in [2.05, 4.69) is 6.58 Å². The summed E-state index contributed by atoms with van der Waals surface area (Å²) in [5, 5.41) is 9.90. The maximum absolute atomic E-state index is 11.1. The average molecular weight is 258 g/mol. The van der Waals surface area contributed by atoms with Gasteiger partial charge < -0.3 is 14.6 Å². The minimum Gasteiger partial charge on any atom is -0.460 e. The number of esters is 1. The Labute approximate surface area is 110 Å². The molecule has 1 N–H and O–H groups in total. The van der Waals surface area contributed by atoms with E-state index in [0.717, 1.165) is 0 Å². The third-order valence-corrected chi connectivity index (χ3v) is 2.95. The molecule has 2 atom stereocenters. The molecule has 0 bridgehead atoms. The largest absolute Gasteiger partial charge is 0.460 e. The van der Waals surface area contributed by atoms with Crippen molar-refractivity contribution in [3.05, 3.63) is 12.7 Å². The first kappa shape index (κ1) is 17.1. The van der Waals surface area contributed by atoms with Crippen LogP contribution in [0.4, 0.5) is 0 Å². The van der Waals surface area contributed by atoms with Crippen molar-refractivity contribution < 1.29 is 19.4 Å². The van der Waals surface area contributed by atoms with Gasteiger partial charge in [-0.3, -0.25) is 4.79 Å².